The number of aryl methyl sites for hydroxylation is 3. The lowest BCUT2D eigenvalue weighted by Crippen LogP contribution is -2.13. The number of carbonyl (C=O) groups is 1. The molecule has 0 radical (unpaired) electrons. The van der Waals surface area contributed by atoms with Gasteiger partial charge in [0.2, 0.25) is 0 Å². The van der Waals surface area contributed by atoms with E-state index in [1.54, 1.807) is 6.07 Å². The predicted molar refractivity (Wildman–Crippen MR) is 96.7 cm³/mol. The van der Waals surface area contributed by atoms with Gasteiger partial charge in [-0.15, -0.1) is 0 Å². The molecule has 24 heavy (non-hydrogen) atoms. The Balaban J connectivity index is 2.05. The summed E-state index contributed by atoms with van der Waals surface area (Å²) in [6.07, 6.45) is 0.898. The van der Waals surface area contributed by atoms with Gasteiger partial charge in [0.05, 0.1) is 0 Å². The normalized spacial score (nSPS) is 11.4. The van der Waals surface area contributed by atoms with Crippen LogP contribution in [0.4, 0.5) is 0 Å². The fourth-order valence-corrected chi connectivity index (χ4v) is 2.71. The first-order valence-electron chi connectivity index (χ1n) is 8.28. The highest BCUT2D eigenvalue weighted by Crippen LogP contribution is 2.31. The zero-order chi connectivity index (χ0) is 17.9. The Kier molecular flexibility index (Phi) is 5.33. The van der Waals surface area contributed by atoms with E-state index >= 15 is 0 Å². The summed E-state index contributed by atoms with van der Waals surface area (Å²) in [4.78, 5) is 12.2. The van der Waals surface area contributed by atoms with Gasteiger partial charge in [0.1, 0.15) is 11.5 Å². The minimum atomic E-state index is -0.238. The van der Waals surface area contributed by atoms with Gasteiger partial charge in [-0.25, -0.2) is 0 Å². The van der Waals surface area contributed by atoms with Gasteiger partial charge in [0, 0.05) is 6.42 Å². The van der Waals surface area contributed by atoms with E-state index in [1.165, 1.54) is 0 Å². The highest BCUT2D eigenvalue weighted by molar-refractivity contribution is 5.73. The van der Waals surface area contributed by atoms with Gasteiger partial charge < -0.3 is 9.84 Å². The van der Waals surface area contributed by atoms with E-state index in [1.807, 2.05) is 44.2 Å². The maximum atomic E-state index is 12.2. The molecular formula is C21H26O3. The summed E-state index contributed by atoms with van der Waals surface area (Å²) in [7, 11) is 0. The minimum absolute atomic E-state index is 0.140. The van der Waals surface area contributed by atoms with Crippen LogP contribution in [0.2, 0.25) is 0 Å². The summed E-state index contributed by atoms with van der Waals surface area (Å²) in [5.41, 5.74) is 3.70. The topological polar surface area (TPSA) is 46.5 Å². The third-order valence-electron chi connectivity index (χ3n) is 4.11. The summed E-state index contributed by atoms with van der Waals surface area (Å²) < 4.78 is 5.53. The smallest absolute Gasteiger partial charge is 0.311 e. The molecule has 2 rings (SSSR count). The van der Waals surface area contributed by atoms with Crippen molar-refractivity contribution in [3.8, 4) is 11.5 Å². The molecule has 2 aromatic rings. The van der Waals surface area contributed by atoms with Crippen molar-refractivity contribution in [3.63, 3.8) is 0 Å². The number of ether oxygens (including phenoxy) is 1. The number of phenols is 1. The molecule has 0 amide bonds. The fourth-order valence-electron chi connectivity index (χ4n) is 2.71. The van der Waals surface area contributed by atoms with Crippen molar-refractivity contribution < 1.29 is 14.6 Å². The molecule has 0 unspecified atom stereocenters. The lowest BCUT2D eigenvalue weighted by molar-refractivity contribution is -0.134. The average molecular weight is 326 g/mol. The Bertz CT molecular complexity index is 719. The van der Waals surface area contributed by atoms with Crippen LogP contribution in [0.5, 0.6) is 11.5 Å². The molecule has 0 fully saturated rings. The largest absolute Gasteiger partial charge is 0.508 e. The number of para-hydroxylation sites is 1. The van der Waals surface area contributed by atoms with Gasteiger partial charge in [0.15, 0.2) is 0 Å². The van der Waals surface area contributed by atoms with Crippen molar-refractivity contribution in [1.29, 1.82) is 0 Å². The first kappa shape index (κ1) is 18.1. The lowest BCUT2D eigenvalue weighted by atomic mass is 9.85. The van der Waals surface area contributed by atoms with Crippen LogP contribution in [0.1, 0.15) is 49.4 Å². The summed E-state index contributed by atoms with van der Waals surface area (Å²) >= 11 is 0. The van der Waals surface area contributed by atoms with Crippen LogP contribution >= 0.6 is 0 Å². The molecule has 128 valence electrons. The standard InChI is InChI=1S/C21H26O3/c1-14-7-6-8-15(2)20(14)24-19(23)12-10-16-9-11-18(22)17(13-16)21(3,4)5/h6-9,11,13,22H,10,12H2,1-5H3. The van der Waals surface area contributed by atoms with Crippen LogP contribution in [-0.2, 0) is 16.6 Å². The summed E-state index contributed by atoms with van der Waals surface area (Å²) in [6.45, 7) is 10.0. The zero-order valence-corrected chi connectivity index (χ0v) is 15.1. The van der Waals surface area contributed by atoms with Crippen LogP contribution in [0.25, 0.3) is 0 Å². The number of hydrogen-bond donors (Lipinski definition) is 1. The van der Waals surface area contributed by atoms with E-state index in [4.69, 9.17) is 4.74 Å². The minimum Gasteiger partial charge on any atom is -0.508 e. The highest BCUT2D eigenvalue weighted by atomic mass is 16.5. The molecule has 0 heterocycles. The van der Waals surface area contributed by atoms with E-state index in [-0.39, 0.29) is 11.4 Å². The van der Waals surface area contributed by atoms with Gasteiger partial charge in [-0.1, -0.05) is 51.1 Å². The van der Waals surface area contributed by atoms with Crippen molar-refractivity contribution >= 4 is 5.97 Å². The number of esters is 1. The summed E-state index contributed by atoms with van der Waals surface area (Å²) in [6, 6.07) is 11.4. The number of aromatic hydroxyl groups is 1. The van der Waals surface area contributed by atoms with Crippen molar-refractivity contribution in [2.75, 3.05) is 0 Å². The quantitative estimate of drug-likeness (QED) is 0.645. The molecule has 0 saturated heterocycles. The maximum absolute atomic E-state index is 12.2. The third kappa shape index (κ3) is 4.38. The SMILES string of the molecule is Cc1cccc(C)c1OC(=O)CCc1ccc(O)c(C(C)(C)C)c1. The molecule has 3 heteroatoms. The van der Waals surface area contributed by atoms with Gasteiger partial charge in [-0.05, 0) is 54.0 Å². The molecule has 0 atom stereocenters. The van der Waals surface area contributed by atoms with E-state index in [0.717, 1.165) is 22.3 Å². The van der Waals surface area contributed by atoms with E-state index in [2.05, 4.69) is 20.8 Å². The molecular weight excluding hydrogens is 300 g/mol. The van der Waals surface area contributed by atoms with Crippen LogP contribution < -0.4 is 4.74 Å². The molecule has 0 saturated carbocycles. The van der Waals surface area contributed by atoms with Gasteiger partial charge in [-0.2, -0.15) is 0 Å². The van der Waals surface area contributed by atoms with Gasteiger partial charge in [0.25, 0.3) is 0 Å². The predicted octanol–water partition coefficient (Wildman–Crippen LogP) is 4.84. The van der Waals surface area contributed by atoms with Crippen LogP contribution in [0.3, 0.4) is 0 Å². The van der Waals surface area contributed by atoms with E-state index < -0.39 is 0 Å². The Hall–Kier alpha value is -2.29. The van der Waals surface area contributed by atoms with Crippen LogP contribution in [0, 0.1) is 13.8 Å². The maximum Gasteiger partial charge on any atom is 0.311 e. The fraction of sp³-hybridized carbons (Fsp3) is 0.381. The van der Waals surface area contributed by atoms with E-state index in [9.17, 15) is 9.90 Å². The molecule has 0 bridgehead atoms. The molecule has 0 aromatic heterocycles. The van der Waals surface area contributed by atoms with Crippen molar-refractivity contribution in [3.05, 3.63) is 58.7 Å². The Morgan fingerprint density at radius 3 is 2.29 bits per heavy atom. The second-order valence-electron chi connectivity index (χ2n) is 7.30. The van der Waals surface area contributed by atoms with Crippen molar-refractivity contribution in [2.24, 2.45) is 0 Å². The molecule has 0 aliphatic heterocycles. The number of benzene rings is 2. The summed E-state index contributed by atoms with van der Waals surface area (Å²) in [5.74, 6) is 0.714. The van der Waals surface area contributed by atoms with Crippen molar-refractivity contribution in [2.45, 2.75) is 52.9 Å². The lowest BCUT2D eigenvalue weighted by Gasteiger charge is -2.21. The van der Waals surface area contributed by atoms with E-state index in [0.29, 0.717) is 24.3 Å². The molecule has 0 aliphatic carbocycles. The number of hydrogen-bond acceptors (Lipinski definition) is 3. The Morgan fingerprint density at radius 1 is 1.08 bits per heavy atom. The number of rotatable bonds is 4. The second-order valence-corrected chi connectivity index (χ2v) is 7.30. The first-order chi connectivity index (χ1) is 11.2. The number of phenolic OH excluding ortho intramolecular Hbond substituents is 1. The van der Waals surface area contributed by atoms with Gasteiger partial charge in [-0.3, -0.25) is 4.79 Å². The first-order valence-corrected chi connectivity index (χ1v) is 8.28. The molecule has 0 aliphatic rings. The van der Waals surface area contributed by atoms with Crippen LogP contribution in [-0.4, -0.2) is 11.1 Å². The third-order valence-corrected chi connectivity index (χ3v) is 4.11. The second kappa shape index (κ2) is 7.08. The monoisotopic (exact) mass is 326 g/mol. The Labute approximate surface area is 144 Å². The number of carbonyl (C=O) groups excluding carboxylic acids is 1. The zero-order valence-electron chi connectivity index (χ0n) is 15.1. The molecule has 0 spiro atoms. The van der Waals surface area contributed by atoms with Gasteiger partial charge >= 0.3 is 5.97 Å². The molecule has 2 aromatic carbocycles. The highest BCUT2D eigenvalue weighted by Gasteiger charge is 2.18. The van der Waals surface area contributed by atoms with Crippen molar-refractivity contribution in [1.82, 2.24) is 0 Å². The Morgan fingerprint density at radius 2 is 1.71 bits per heavy atom. The molecule has 1 N–H and O–H groups in total. The summed E-state index contributed by atoms with van der Waals surface area (Å²) in [5, 5.41) is 10.0. The average Bonchev–Trinajstić information content (AvgIpc) is 2.49. The van der Waals surface area contributed by atoms with Crippen LogP contribution in [0.15, 0.2) is 36.4 Å². The molecule has 3 nitrogen and oxygen atoms in total.